The predicted octanol–water partition coefficient (Wildman–Crippen LogP) is 2.29. The Kier molecular flexibility index (Phi) is 5.05. The SMILES string of the molecule is CC1(C)C[C@@H](C(=O)NCc2ccc(C(=N)N)cc2)n2c1c(Cl)nc(NC1CC1)c2=O. The van der Waals surface area contributed by atoms with Crippen molar-refractivity contribution in [3.63, 3.8) is 0 Å². The van der Waals surface area contributed by atoms with Crippen molar-refractivity contribution < 1.29 is 4.79 Å². The zero-order chi connectivity index (χ0) is 21.6. The smallest absolute Gasteiger partial charge is 0.294 e. The average Bonchev–Trinajstić information content (AvgIpc) is 3.45. The van der Waals surface area contributed by atoms with Crippen molar-refractivity contribution in [2.75, 3.05) is 5.32 Å². The van der Waals surface area contributed by atoms with Gasteiger partial charge in [-0.15, -0.1) is 0 Å². The van der Waals surface area contributed by atoms with Crippen molar-refractivity contribution in [3.8, 4) is 0 Å². The summed E-state index contributed by atoms with van der Waals surface area (Å²) < 4.78 is 1.51. The molecule has 0 unspecified atom stereocenters. The van der Waals surface area contributed by atoms with Crippen molar-refractivity contribution in [3.05, 3.63) is 56.6 Å². The predicted molar refractivity (Wildman–Crippen MR) is 116 cm³/mol. The molecule has 1 fully saturated rings. The number of benzene rings is 1. The number of hydrogen-bond acceptors (Lipinski definition) is 5. The van der Waals surface area contributed by atoms with Crippen LogP contribution >= 0.6 is 11.6 Å². The van der Waals surface area contributed by atoms with Gasteiger partial charge >= 0.3 is 0 Å². The topological polar surface area (TPSA) is 126 Å². The maximum Gasteiger partial charge on any atom is 0.294 e. The summed E-state index contributed by atoms with van der Waals surface area (Å²) in [7, 11) is 0. The molecule has 1 atom stereocenters. The monoisotopic (exact) mass is 428 g/mol. The van der Waals surface area contributed by atoms with Crippen molar-refractivity contribution in [1.82, 2.24) is 14.9 Å². The van der Waals surface area contributed by atoms with E-state index in [9.17, 15) is 9.59 Å². The number of hydrogen-bond donors (Lipinski definition) is 4. The number of amidine groups is 1. The van der Waals surface area contributed by atoms with Crippen LogP contribution in [-0.2, 0) is 16.8 Å². The number of halogens is 1. The lowest BCUT2D eigenvalue weighted by Crippen LogP contribution is -2.36. The number of aromatic nitrogens is 2. The largest absolute Gasteiger partial charge is 0.384 e. The zero-order valence-electron chi connectivity index (χ0n) is 17.0. The molecule has 0 bridgehead atoms. The lowest BCUT2D eigenvalue weighted by Gasteiger charge is -2.19. The number of nitrogens with one attached hydrogen (secondary N) is 3. The fraction of sp³-hybridized carbons (Fsp3) is 0.429. The van der Waals surface area contributed by atoms with E-state index in [4.69, 9.17) is 22.7 Å². The van der Waals surface area contributed by atoms with Gasteiger partial charge in [0.15, 0.2) is 11.0 Å². The summed E-state index contributed by atoms with van der Waals surface area (Å²) in [6.07, 6.45) is 2.46. The average molecular weight is 429 g/mol. The van der Waals surface area contributed by atoms with Gasteiger partial charge in [0.05, 0.1) is 5.69 Å². The molecule has 1 amide bonds. The first-order valence-corrected chi connectivity index (χ1v) is 10.4. The molecule has 0 radical (unpaired) electrons. The molecular formula is C21H25ClN6O2. The van der Waals surface area contributed by atoms with Gasteiger partial charge in [-0.25, -0.2) is 4.98 Å². The molecule has 1 aliphatic carbocycles. The van der Waals surface area contributed by atoms with Crippen LogP contribution in [0.2, 0.25) is 5.15 Å². The van der Waals surface area contributed by atoms with E-state index in [1.54, 1.807) is 12.1 Å². The minimum absolute atomic E-state index is 0.00384. The van der Waals surface area contributed by atoms with E-state index in [1.165, 1.54) is 4.57 Å². The Morgan fingerprint density at radius 1 is 1.33 bits per heavy atom. The lowest BCUT2D eigenvalue weighted by atomic mass is 9.87. The van der Waals surface area contributed by atoms with Gasteiger partial charge in [-0.1, -0.05) is 49.7 Å². The number of nitrogens with zero attached hydrogens (tertiary/aromatic N) is 2. The third-order valence-corrected chi connectivity index (χ3v) is 5.94. The van der Waals surface area contributed by atoms with Crippen molar-refractivity contribution in [2.24, 2.45) is 5.73 Å². The molecule has 0 spiro atoms. The third kappa shape index (κ3) is 3.79. The summed E-state index contributed by atoms with van der Waals surface area (Å²) in [5.41, 5.74) is 6.81. The summed E-state index contributed by atoms with van der Waals surface area (Å²) in [6, 6.07) is 6.70. The van der Waals surface area contributed by atoms with Crippen LogP contribution in [0.1, 0.15) is 56.0 Å². The van der Waals surface area contributed by atoms with Crippen LogP contribution in [0.4, 0.5) is 5.82 Å². The van der Waals surface area contributed by atoms with Gasteiger partial charge in [-0.3, -0.25) is 19.6 Å². The van der Waals surface area contributed by atoms with E-state index in [0.29, 0.717) is 24.2 Å². The molecular weight excluding hydrogens is 404 g/mol. The Balaban J connectivity index is 1.58. The van der Waals surface area contributed by atoms with Gasteiger partial charge < -0.3 is 16.4 Å². The van der Waals surface area contributed by atoms with Crippen LogP contribution in [0.5, 0.6) is 0 Å². The van der Waals surface area contributed by atoms with E-state index in [2.05, 4.69) is 15.6 Å². The van der Waals surface area contributed by atoms with Crippen LogP contribution in [0, 0.1) is 5.41 Å². The minimum atomic E-state index is -0.653. The maximum absolute atomic E-state index is 13.1. The molecule has 5 N–H and O–H groups in total. The molecule has 1 saturated carbocycles. The molecule has 4 rings (SSSR count). The molecule has 1 aromatic heterocycles. The molecule has 158 valence electrons. The Morgan fingerprint density at radius 3 is 2.60 bits per heavy atom. The molecule has 2 aromatic rings. The number of nitrogen functional groups attached to an aromatic ring is 1. The number of carbonyl (C=O) groups is 1. The summed E-state index contributed by atoms with van der Waals surface area (Å²) in [4.78, 5) is 30.5. The number of amides is 1. The third-order valence-electron chi connectivity index (χ3n) is 5.68. The number of carbonyl (C=O) groups excluding carboxylic acids is 1. The highest BCUT2D eigenvalue weighted by Gasteiger charge is 2.44. The molecule has 9 heteroatoms. The molecule has 2 aliphatic rings. The van der Waals surface area contributed by atoms with Crippen LogP contribution < -0.4 is 21.9 Å². The molecule has 8 nitrogen and oxygen atoms in total. The van der Waals surface area contributed by atoms with Crippen LogP contribution in [0.3, 0.4) is 0 Å². The summed E-state index contributed by atoms with van der Waals surface area (Å²) in [6.45, 7) is 4.24. The van der Waals surface area contributed by atoms with Crippen LogP contribution in [0.25, 0.3) is 0 Å². The summed E-state index contributed by atoms with van der Waals surface area (Å²) >= 11 is 6.45. The Morgan fingerprint density at radius 2 is 2.00 bits per heavy atom. The molecule has 30 heavy (non-hydrogen) atoms. The van der Waals surface area contributed by atoms with Gasteiger partial charge in [0.2, 0.25) is 5.91 Å². The van der Waals surface area contributed by atoms with Crippen LogP contribution in [0.15, 0.2) is 29.1 Å². The molecule has 1 aromatic carbocycles. The lowest BCUT2D eigenvalue weighted by molar-refractivity contribution is -0.124. The first-order chi connectivity index (χ1) is 14.2. The van der Waals surface area contributed by atoms with E-state index < -0.39 is 11.5 Å². The van der Waals surface area contributed by atoms with Gasteiger partial charge in [0.25, 0.3) is 5.56 Å². The number of anilines is 1. The Bertz CT molecular complexity index is 1070. The maximum atomic E-state index is 13.1. The quantitative estimate of drug-likeness (QED) is 0.415. The normalized spacial score (nSPS) is 19.2. The standard InChI is InChI=1S/C21H25ClN6O2/c1-21(2)9-14(19(29)25-10-11-3-5-12(6-4-11)17(23)24)28-15(21)16(22)27-18(20(28)30)26-13-7-8-13/h3-6,13-14H,7-10H2,1-2H3,(H3,23,24)(H,25,29)(H,26,27)/t14-/m0/s1. The second-order valence-corrected chi connectivity index (χ2v) is 8.98. The minimum Gasteiger partial charge on any atom is -0.384 e. The number of fused-ring (bicyclic) bond motifs is 1. The highest BCUT2D eigenvalue weighted by molar-refractivity contribution is 6.30. The Hall–Kier alpha value is -2.87. The van der Waals surface area contributed by atoms with E-state index in [1.807, 2.05) is 26.0 Å². The fourth-order valence-electron chi connectivity index (χ4n) is 3.92. The van der Waals surface area contributed by atoms with E-state index in [0.717, 1.165) is 18.4 Å². The first kappa shape index (κ1) is 20.4. The highest BCUT2D eigenvalue weighted by atomic mass is 35.5. The summed E-state index contributed by atoms with van der Waals surface area (Å²) in [5, 5.41) is 13.8. The second kappa shape index (κ2) is 7.43. The second-order valence-electron chi connectivity index (χ2n) is 8.63. The highest BCUT2D eigenvalue weighted by Crippen LogP contribution is 2.43. The Labute approximate surface area is 179 Å². The van der Waals surface area contributed by atoms with E-state index in [-0.39, 0.29) is 34.3 Å². The van der Waals surface area contributed by atoms with Gasteiger partial charge in [-0.05, 0) is 24.8 Å². The van der Waals surface area contributed by atoms with Crippen molar-refractivity contribution >= 4 is 29.2 Å². The summed E-state index contributed by atoms with van der Waals surface area (Å²) in [5.74, 6) is -0.0309. The van der Waals surface area contributed by atoms with Gasteiger partial charge in [0.1, 0.15) is 11.9 Å². The van der Waals surface area contributed by atoms with Gasteiger partial charge in [-0.2, -0.15) is 0 Å². The van der Waals surface area contributed by atoms with Crippen molar-refractivity contribution in [2.45, 2.75) is 57.2 Å². The molecule has 2 heterocycles. The van der Waals surface area contributed by atoms with Crippen molar-refractivity contribution in [1.29, 1.82) is 5.41 Å². The van der Waals surface area contributed by atoms with E-state index >= 15 is 0 Å². The van der Waals surface area contributed by atoms with Crippen LogP contribution in [-0.4, -0.2) is 27.3 Å². The number of nitrogens with two attached hydrogens (primary N) is 1. The first-order valence-electron chi connectivity index (χ1n) is 9.97. The number of rotatable bonds is 6. The molecule has 0 saturated heterocycles. The molecule has 1 aliphatic heterocycles. The van der Waals surface area contributed by atoms with Gasteiger partial charge in [0, 0.05) is 23.6 Å². The zero-order valence-corrected chi connectivity index (χ0v) is 17.7. The fourth-order valence-corrected chi connectivity index (χ4v) is 4.35.